The van der Waals surface area contributed by atoms with Gasteiger partial charge in [0.15, 0.2) is 0 Å². The second kappa shape index (κ2) is 13.8. The monoisotopic (exact) mass is 604 g/mol. The van der Waals surface area contributed by atoms with Gasteiger partial charge in [-0.15, -0.1) is 41.0 Å². The molecule has 0 aliphatic carbocycles. The van der Waals surface area contributed by atoms with E-state index in [1.54, 1.807) is 0 Å². The minimum absolute atomic E-state index is 0. The van der Waals surface area contributed by atoms with Crippen LogP contribution < -0.4 is 74.5 Å². The zero-order valence-electron chi connectivity index (χ0n) is 8.54. The van der Waals surface area contributed by atoms with E-state index in [4.69, 9.17) is 74.5 Å². The first-order valence-corrected chi connectivity index (χ1v) is 7.41. The third-order valence-electron chi connectivity index (χ3n) is 0. The molecule has 0 atom stereocenters. The summed E-state index contributed by atoms with van der Waals surface area (Å²) in [6.45, 7) is 0. The quantitative estimate of drug-likeness (QED) is 0.231. The van der Waals surface area contributed by atoms with E-state index in [0.717, 1.165) is 0 Å². The minimum atomic E-state index is -4.94. The second-order valence-electron chi connectivity index (χ2n) is 1.51. The third kappa shape index (κ3) is 3900. The van der Waals surface area contributed by atoms with Crippen molar-refractivity contribution in [1.82, 2.24) is 0 Å². The van der Waals surface area contributed by atoms with Crippen LogP contribution in [0.4, 0.5) is 0 Å². The van der Waals surface area contributed by atoms with E-state index in [-0.39, 0.29) is 27.3 Å². The largest absolute Gasteiger partial charge is 0.222 e. The van der Waals surface area contributed by atoms with Crippen molar-refractivity contribution in [3.63, 3.8) is 0 Å². The van der Waals surface area contributed by atoms with Gasteiger partial charge in [0.1, 0.15) is 0 Å². The Labute approximate surface area is 142 Å². The van der Waals surface area contributed by atoms with Crippen LogP contribution in [0.2, 0.25) is 0 Å². The van der Waals surface area contributed by atoms with Gasteiger partial charge in [0, 0.05) is 27.3 Å². The SMILES string of the molecule is [O-][Cl+3]([O-])([O-])[O-].[O-][Cl+3]([O-])([O-])[O-].[O-][Cl+3]([O-])([O-])[O-].[O-][Cl+3]([O-])([O-])[O-].[Pb]. The number of hydrogen-bond acceptors (Lipinski definition) is 16. The Morgan fingerprint density at radius 1 is 0.238 bits per heavy atom. The molecule has 21 heavy (non-hydrogen) atoms. The average molecular weight is 605 g/mol. The van der Waals surface area contributed by atoms with Crippen molar-refractivity contribution < 1.29 is 116 Å². The number of rotatable bonds is 0. The molecular formula is Cl4O16Pb-4. The van der Waals surface area contributed by atoms with Crippen molar-refractivity contribution in [2.24, 2.45) is 0 Å². The smallest absolute Gasteiger partial charge is 0 e. The predicted octanol–water partition coefficient (Wildman–Crippen LogP) is -19.4. The molecule has 0 aliphatic rings. The van der Waals surface area contributed by atoms with Crippen molar-refractivity contribution in [3.8, 4) is 0 Å². The van der Waals surface area contributed by atoms with Crippen LogP contribution in [0, 0.1) is 41.0 Å². The fourth-order valence-corrected chi connectivity index (χ4v) is 0. The van der Waals surface area contributed by atoms with Crippen LogP contribution in [0.5, 0.6) is 0 Å². The maximum Gasteiger partial charge on any atom is 0 e. The Hall–Kier alpha value is 1.44. The van der Waals surface area contributed by atoms with E-state index in [2.05, 4.69) is 0 Å². The fourth-order valence-electron chi connectivity index (χ4n) is 0. The molecule has 0 fully saturated rings. The number of hydrogen-bond donors (Lipinski definition) is 0. The minimum Gasteiger partial charge on any atom is -0.222 e. The molecule has 0 aliphatic heterocycles. The molecule has 0 spiro atoms. The molecule has 0 saturated carbocycles. The van der Waals surface area contributed by atoms with Gasteiger partial charge in [0.05, 0.1) is 0 Å². The molecule has 21 heteroatoms. The molecule has 132 valence electrons. The number of halogens is 4. The van der Waals surface area contributed by atoms with Crippen LogP contribution >= 0.6 is 0 Å². The van der Waals surface area contributed by atoms with Gasteiger partial charge in [-0.25, -0.2) is 74.5 Å². The van der Waals surface area contributed by atoms with Crippen LogP contribution in [0.1, 0.15) is 0 Å². The van der Waals surface area contributed by atoms with Crippen LogP contribution in [0.3, 0.4) is 0 Å². The van der Waals surface area contributed by atoms with E-state index in [9.17, 15) is 0 Å². The summed E-state index contributed by atoms with van der Waals surface area (Å²) in [4.78, 5) is 0. The van der Waals surface area contributed by atoms with Gasteiger partial charge in [0.25, 0.3) is 0 Å². The molecule has 0 saturated heterocycles. The van der Waals surface area contributed by atoms with E-state index in [1.807, 2.05) is 0 Å². The molecule has 0 aromatic carbocycles. The molecule has 4 radical (unpaired) electrons. The van der Waals surface area contributed by atoms with Gasteiger partial charge in [-0.1, -0.05) is 0 Å². The standard InChI is InChI=1S/4ClHO4.Pb/c4*2-1(3,4)5;/h4*(H,2,3,4,5);/p-4. The summed E-state index contributed by atoms with van der Waals surface area (Å²) in [7, 11) is -19.8. The average Bonchev–Trinajstić information content (AvgIpc) is 1.62. The summed E-state index contributed by atoms with van der Waals surface area (Å²) in [5, 5.41) is 0. The van der Waals surface area contributed by atoms with Crippen LogP contribution in [0.25, 0.3) is 0 Å². The van der Waals surface area contributed by atoms with Gasteiger partial charge in [0.2, 0.25) is 0 Å². The van der Waals surface area contributed by atoms with Gasteiger partial charge in [-0.3, -0.25) is 0 Å². The maximum atomic E-state index is 8.49. The Morgan fingerprint density at radius 2 is 0.238 bits per heavy atom. The van der Waals surface area contributed by atoms with Crippen molar-refractivity contribution in [1.29, 1.82) is 0 Å². The van der Waals surface area contributed by atoms with E-state index < -0.39 is 41.0 Å². The predicted molar refractivity (Wildman–Crippen MR) is 5.75 cm³/mol. The molecule has 0 unspecified atom stereocenters. The van der Waals surface area contributed by atoms with Crippen molar-refractivity contribution in [2.45, 2.75) is 0 Å². The van der Waals surface area contributed by atoms with Crippen LogP contribution in [-0.4, -0.2) is 27.3 Å². The topological polar surface area (TPSA) is 369 Å². The van der Waals surface area contributed by atoms with Gasteiger partial charge < -0.3 is 0 Å². The molecule has 0 N–H and O–H groups in total. The first kappa shape index (κ1) is 33.9. The van der Waals surface area contributed by atoms with E-state index in [1.165, 1.54) is 0 Å². The van der Waals surface area contributed by atoms with Gasteiger partial charge in [-0.05, 0) is 0 Å². The molecule has 0 aromatic rings. The first-order valence-electron chi connectivity index (χ1n) is 2.47. The van der Waals surface area contributed by atoms with Gasteiger partial charge in [-0.2, -0.15) is 0 Å². The zero-order valence-corrected chi connectivity index (χ0v) is 15.5. The summed E-state index contributed by atoms with van der Waals surface area (Å²) >= 11 is 0. The fraction of sp³-hybridized carbons (Fsp3) is 0. The Balaban J connectivity index is -0.0000000533. The Bertz CT molecular complexity index is 130. The molecule has 0 bridgehead atoms. The van der Waals surface area contributed by atoms with Crippen molar-refractivity contribution in [2.75, 3.05) is 0 Å². The second-order valence-corrected chi connectivity index (χ2v) is 4.54. The molecule has 0 aromatic heterocycles. The van der Waals surface area contributed by atoms with E-state index in [0.29, 0.717) is 0 Å². The van der Waals surface area contributed by atoms with Crippen molar-refractivity contribution >= 4 is 27.3 Å². The summed E-state index contributed by atoms with van der Waals surface area (Å²) in [6, 6.07) is 0. The van der Waals surface area contributed by atoms with Gasteiger partial charge >= 0.3 is 0 Å². The summed E-state index contributed by atoms with van der Waals surface area (Å²) < 4.78 is 136. The Morgan fingerprint density at radius 3 is 0.238 bits per heavy atom. The maximum absolute atomic E-state index is 8.49. The third-order valence-corrected chi connectivity index (χ3v) is 0. The normalized spacial score (nSPS) is 11.4. The summed E-state index contributed by atoms with van der Waals surface area (Å²) in [5.74, 6) is 0. The molecule has 0 amide bonds. The summed E-state index contributed by atoms with van der Waals surface area (Å²) in [5.41, 5.74) is 0. The molecule has 0 heterocycles. The van der Waals surface area contributed by atoms with Crippen LogP contribution in [0.15, 0.2) is 0 Å². The molecule has 16 nitrogen and oxygen atoms in total. The zero-order chi connectivity index (χ0) is 18.0. The van der Waals surface area contributed by atoms with Crippen molar-refractivity contribution in [3.05, 3.63) is 0 Å². The molecular weight excluding hydrogens is 605 g/mol. The first-order chi connectivity index (χ1) is 8.00. The molecule has 0 rings (SSSR count). The van der Waals surface area contributed by atoms with Crippen LogP contribution in [-0.2, 0) is 0 Å². The summed E-state index contributed by atoms with van der Waals surface area (Å²) in [6.07, 6.45) is 0. The van der Waals surface area contributed by atoms with E-state index >= 15 is 0 Å². The Kier molecular flexibility index (Phi) is 22.4.